The van der Waals surface area contributed by atoms with E-state index < -0.39 is 0 Å². The molecule has 0 atom stereocenters. The quantitative estimate of drug-likeness (QED) is 0.596. The number of ether oxygens (including phenoxy) is 4. The van der Waals surface area contributed by atoms with E-state index in [1.807, 2.05) is 30.3 Å². The zero-order valence-electron chi connectivity index (χ0n) is 14.8. The number of nitrogens with one attached hydrogen (secondary N) is 2. The SMILES string of the molecule is COc1ccc(Nc2nc(SCc3ccc4c(c3)OCO4)n[nH]2)c(OC)c1. The summed E-state index contributed by atoms with van der Waals surface area (Å²) in [6, 6.07) is 11.4. The maximum absolute atomic E-state index is 5.40. The molecule has 2 N–H and O–H groups in total. The Balaban J connectivity index is 1.40. The molecule has 27 heavy (non-hydrogen) atoms. The van der Waals surface area contributed by atoms with Crippen molar-refractivity contribution < 1.29 is 18.9 Å². The van der Waals surface area contributed by atoms with E-state index in [2.05, 4.69) is 20.5 Å². The van der Waals surface area contributed by atoms with Crippen LogP contribution in [0.4, 0.5) is 11.6 Å². The monoisotopic (exact) mass is 386 g/mol. The summed E-state index contributed by atoms with van der Waals surface area (Å²) in [6.45, 7) is 0.275. The van der Waals surface area contributed by atoms with E-state index >= 15 is 0 Å². The predicted octanol–water partition coefficient (Wildman–Crippen LogP) is 3.59. The van der Waals surface area contributed by atoms with Gasteiger partial charge in [0.15, 0.2) is 11.5 Å². The van der Waals surface area contributed by atoms with Gasteiger partial charge >= 0.3 is 0 Å². The number of aromatic amines is 1. The third-order valence-electron chi connectivity index (χ3n) is 3.93. The summed E-state index contributed by atoms with van der Waals surface area (Å²) in [5.74, 6) is 4.18. The minimum atomic E-state index is 0.275. The summed E-state index contributed by atoms with van der Waals surface area (Å²) < 4.78 is 21.3. The van der Waals surface area contributed by atoms with Crippen molar-refractivity contribution in [3.8, 4) is 23.0 Å². The summed E-state index contributed by atoms with van der Waals surface area (Å²) in [5.41, 5.74) is 1.88. The highest BCUT2D eigenvalue weighted by molar-refractivity contribution is 7.98. The number of nitrogens with zero attached hydrogens (tertiary/aromatic N) is 2. The van der Waals surface area contributed by atoms with Crippen LogP contribution in [0.25, 0.3) is 0 Å². The largest absolute Gasteiger partial charge is 0.497 e. The Hall–Kier alpha value is -3.07. The fraction of sp³-hybridized carbons (Fsp3) is 0.222. The van der Waals surface area contributed by atoms with Gasteiger partial charge in [0.1, 0.15) is 11.5 Å². The molecule has 0 saturated carbocycles. The Morgan fingerprint density at radius 3 is 2.85 bits per heavy atom. The molecule has 0 amide bonds. The number of anilines is 2. The van der Waals surface area contributed by atoms with Gasteiger partial charge in [-0.15, -0.1) is 5.10 Å². The molecule has 2 heterocycles. The fourth-order valence-corrected chi connectivity index (χ4v) is 3.32. The van der Waals surface area contributed by atoms with Crippen molar-refractivity contribution in [1.82, 2.24) is 15.2 Å². The van der Waals surface area contributed by atoms with E-state index in [1.54, 1.807) is 20.3 Å². The molecule has 140 valence electrons. The Morgan fingerprint density at radius 2 is 2.00 bits per heavy atom. The van der Waals surface area contributed by atoms with Crippen LogP contribution >= 0.6 is 11.8 Å². The van der Waals surface area contributed by atoms with Gasteiger partial charge in [0.25, 0.3) is 0 Å². The first-order chi connectivity index (χ1) is 13.2. The van der Waals surface area contributed by atoms with E-state index in [1.165, 1.54) is 11.8 Å². The molecule has 1 aromatic heterocycles. The van der Waals surface area contributed by atoms with Crippen LogP contribution in [0.3, 0.4) is 0 Å². The van der Waals surface area contributed by atoms with Gasteiger partial charge in [0, 0.05) is 11.8 Å². The van der Waals surface area contributed by atoms with Crippen LogP contribution in [0.15, 0.2) is 41.6 Å². The molecule has 1 aliphatic rings. The first kappa shape index (κ1) is 17.3. The number of methoxy groups -OCH3 is 2. The van der Waals surface area contributed by atoms with Crippen molar-refractivity contribution in [1.29, 1.82) is 0 Å². The van der Waals surface area contributed by atoms with E-state index in [0.717, 1.165) is 34.3 Å². The lowest BCUT2D eigenvalue weighted by atomic mass is 10.2. The average molecular weight is 386 g/mol. The fourth-order valence-electron chi connectivity index (χ4n) is 2.57. The molecule has 0 spiro atoms. The van der Waals surface area contributed by atoms with Crippen molar-refractivity contribution in [2.45, 2.75) is 10.9 Å². The molecule has 0 saturated heterocycles. The summed E-state index contributed by atoms with van der Waals surface area (Å²) in [7, 11) is 3.22. The molecule has 0 radical (unpaired) electrons. The Morgan fingerprint density at radius 1 is 1.11 bits per heavy atom. The smallest absolute Gasteiger partial charge is 0.231 e. The van der Waals surface area contributed by atoms with Crippen molar-refractivity contribution in [2.24, 2.45) is 0 Å². The van der Waals surface area contributed by atoms with Crippen LogP contribution in [0, 0.1) is 0 Å². The van der Waals surface area contributed by atoms with E-state index in [9.17, 15) is 0 Å². The predicted molar refractivity (Wildman–Crippen MR) is 101 cm³/mol. The molecule has 2 aromatic carbocycles. The third kappa shape index (κ3) is 3.87. The number of thioether (sulfide) groups is 1. The summed E-state index contributed by atoms with van der Waals surface area (Å²) in [4.78, 5) is 4.45. The molecule has 1 aliphatic heterocycles. The van der Waals surface area contributed by atoms with Gasteiger partial charge < -0.3 is 24.3 Å². The van der Waals surface area contributed by atoms with Crippen molar-refractivity contribution in [3.63, 3.8) is 0 Å². The van der Waals surface area contributed by atoms with Crippen molar-refractivity contribution in [3.05, 3.63) is 42.0 Å². The van der Waals surface area contributed by atoms with Gasteiger partial charge in [0.2, 0.25) is 17.9 Å². The average Bonchev–Trinajstić information content (AvgIpc) is 3.35. The Kier molecular flexibility index (Phi) is 4.93. The minimum absolute atomic E-state index is 0.275. The van der Waals surface area contributed by atoms with Crippen LogP contribution in [0.1, 0.15) is 5.56 Å². The zero-order chi connectivity index (χ0) is 18.6. The molecule has 0 fully saturated rings. The lowest BCUT2D eigenvalue weighted by Crippen LogP contribution is -1.97. The number of hydrogen-bond acceptors (Lipinski definition) is 8. The van der Waals surface area contributed by atoms with Crippen LogP contribution < -0.4 is 24.3 Å². The minimum Gasteiger partial charge on any atom is -0.497 e. The number of aromatic nitrogens is 3. The first-order valence-electron chi connectivity index (χ1n) is 8.18. The summed E-state index contributed by atoms with van der Waals surface area (Å²) >= 11 is 1.53. The van der Waals surface area contributed by atoms with Gasteiger partial charge in [-0.1, -0.05) is 17.8 Å². The second-order valence-corrected chi connectivity index (χ2v) is 6.58. The highest BCUT2D eigenvalue weighted by Crippen LogP contribution is 2.34. The van der Waals surface area contributed by atoms with Gasteiger partial charge in [-0.05, 0) is 29.8 Å². The van der Waals surface area contributed by atoms with Crippen LogP contribution in [-0.2, 0) is 5.75 Å². The number of hydrogen-bond donors (Lipinski definition) is 2. The van der Waals surface area contributed by atoms with Crippen LogP contribution in [0.2, 0.25) is 0 Å². The van der Waals surface area contributed by atoms with Gasteiger partial charge in [0.05, 0.1) is 19.9 Å². The Labute approximate surface area is 160 Å². The molecule has 9 heteroatoms. The summed E-state index contributed by atoms with van der Waals surface area (Å²) in [6.07, 6.45) is 0. The normalized spacial score (nSPS) is 12.1. The molecule has 4 rings (SSSR count). The third-order valence-corrected chi connectivity index (χ3v) is 4.85. The lowest BCUT2D eigenvalue weighted by molar-refractivity contribution is 0.174. The maximum Gasteiger partial charge on any atom is 0.231 e. The number of rotatable bonds is 7. The highest BCUT2D eigenvalue weighted by Gasteiger charge is 2.14. The second-order valence-electron chi connectivity index (χ2n) is 5.63. The van der Waals surface area contributed by atoms with E-state index in [-0.39, 0.29) is 6.79 Å². The standard InChI is InChI=1S/C18H18N4O4S/c1-23-12-4-5-13(15(8-12)24-2)19-17-20-18(22-21-17)27-9-11-3-6-14-16(7-11)26-10-25-14/h3-8H,9-10H2,1-2H3,(H2,19,20,21,22). The molecule has 3 aromatic rings. The van der Waals surface area contributed by atoms with Crippen LogP contribution in [-0.4, -0.2) is 36.2 Å². The van der Waals surface area contributed by atoms with E-state index in [4.69, 9.17) is 18.9 Å². The van der Waals surface area contributed by atoms with Crippen molar-refractivity contribution in [2.75, 3.05) is 26.3 Å². The van der Waals surface area contributed by atoms with Crippen LogP contribution in [0.5, 0.6) is 23.0 Å². The van der Waals surface area contributed by atoms with Crippen molar-refractivity contribution >= 4 is 23.4 Å². The summed E-state index contributed by atoms with van der Waals surface area (Å²) in [5, 5.41) is 10.9. The Bertz CT molecular complexity index is 947. The molecule has 0 unspecified atom stereocenters. The van der Waals surface area contributed by atoms with Gasteiger partial charge in [-0.25, -0.2) is 5.10 Å². The topological polar surface area (TPSA) is 90.5 Å². The zero-order valence-corrected chi connectivity index (χ0v) is 15.6. The molecular formula is C18H18N4O4S. The van der Waals surface area contributed by atoms with E-state index in [0.29, 0.717) is 16.9 Å². The lowest BCUT2D eigenvalue weighted by Gasteiger charge is -2.10. The molecule has 8 nitrogen and oxygen atoms in total. The second kappa shape index (κ2) is 7.67. The number of fused-ring (bicyclic) bond motifs is 1. The first-order valence-corrected chi connectivity index (χ1v) is 9.16. The maximum atomic E-state index is 5.40. The number of benzene rings is 2. The highest BCUT2D eigenvalue weighted by atomic mass is 32.2. The molecule has 0 bridgehead atoms. The molecule has 0 aliphatic carbocycles. The van der Waals surface area contributed by atoms with Gasteiger partial charge in [-0.2, -0.15) is 4.98 Å². The molecular weight excluding hydrogens is 368 g/mol. The number of H-pyrrole nitrogens is 1. The van der Waals surface area contributed by atoms with Gasteiger partial charge in [-0.3, -0.25) is 0 Å².